The Hall–Kier alpha value is -1.57. The molecule has 0 fully saturated rings. The highest BCUT2D eigenvalue weighted by Crippen LogP contribution is 2.13. The molecule has 0 unspecified atom stereocenters. The van der Waals surface area contributed by atoms with Gasteiger partial charge in [0.15, 0.2) is 5.78 Å². The van der Waals surface area contributed by atoms with Gasteiger partial charge in [-0.15, -0.1) is 12.4 Å². The minimum atomic E-state index is -0.0369. The first-order valence-electron chi connectivity index (χ1n) is 5.10. The SMILES string of the molecule is CC(C)NCC(=O)c1ccc(N)c(C#N)c1.Cl. The summed E-state index contributed by atoms with van der Waals surface area (Å²) in [6.45, 7) is 4.21. The first kappa shape index (κ1) is 15.4. The van der Waals surface area contributed by atoms with Crippen LogP contribution in [0, 0.1) is 11.3 Å². The van der Waals surface area contributed by atoms with E-state index in [-0.39, 0.29) is 30.8 Å². The van der Waals surface area contributed by atoms with E-state index >= 15 is 0 Å². The number of hydrogen-bond acceptors (Lipinski definition) is 4. The second kappa shape index (κ2) is 6.89. The van der Waals surface area contributed by atoms with Crippen molar-refractivity contribution in [3.8, 4) is 6.07 Å². The van der Waals surface area contributed by atoms with Crippen LogP contribution in [0.5, 0.6) is 0 Å². The minimum Gasteiger partial charge on any atom is -0.398 e. The number of hydrogen-bond donors (Lipinski definition) is 2. The van der Waals surface area contributed by atoms with Gasteiger partial charge in [0.25, 0.3) is 0 Å². The molecule has 0 amide bonds. The maximum Gasteiger partial charge on any atom is 0.176 e. The number of benzene rings is 1. The molecule has 0 saturated carbocycles. The van der Waals surface area contributed by atoms with Gasteiger partial charge in [-0.05, 0) is 18.2 Å². The normalized spacial score (nSPS) is 9.53. The van der Waals surface area contributed by atoms with Crippen LogP contribution in [0.1, 0.15) is 29.8 Å². The van der Waals surface area contributed by atoms with Crippen LogP contribution in [0.15, 0.2) is 18.2 Å². The lowest BCUT2D eigenvalue weighted by molar-refractivity contribution is 0.0988. The number of halogens is 1. The Balaban J connectivity index is 0.00000256. The van der Waals surface area contributed by atoms with Crippen LogP contribution in [-0.4, -0.2) is 18.4 Å². The summed E-state index contributed by atoms with van der Waals surface area (Å²) >= 11 is 0. The van der Waals surface area contributed by atoms with E-state index in [2.05, 4.69) is 5.32 Å². The van der Waals surface area contributed by atoms with E-state index in [0.717, 1.165) is 0 Å². The van der Waals surface area contributed by atoms with Crippen LogP contribution in [0.4, 0.5) is 5.69 Å². The first-order valence-corrected chi connectivity index (χ1v) is 5.10. The third-order valence-corrected chi connectivity index (χ3v) is 2.17. The van der Waals surface area contributed by atoms with Crippen molar-refractivity contribution in [3.63, 3.8) is 0 Å². The molecule has 0 aliphatic carbocycles. The lowest BCUT2D eigenvalue weighted by Gasteiger charge is -2.07. The molecule has 1 rings (SSSR count). The van der Waals surface area contributed by atoms with E-state index in [1.54, 1.807) is 12.1 Å². The van der Waals surface area contributed by atoms with E-state index < -0.39 is 0 Å². The van der Waals surface area contributed by atoms with Gasteiger partial charge in [0.2, 0.25) is 0 Å². The van der Waals surface area contributed by atoms with Crippen LogP contribution in [0.3, 0.4) is 0 Å². The zero-order valence-corrected chi connectivity index (χ0v) is 10.7. The monoisotopic (exact) mass is 253 g/mol. The van der Waals surface area contributed by atoms with Gasteiger partial charge in [-0.2, -0.15) is 5.26 Å². The van der Waals surface area contributed by atoms with Crippen molar-refractivity contribution in [1.82, 2.24) is 5.32 Å². The average Bonchev–Trinajstić information content (AvgIpc) is 2.26. The summed E-state index contributed by atoms with van der Waals surface area (Å²) in [5.41, 5.74) is 6.83. The highest BCUT2D eigenvalue weighted by molar-refractivity contribution is 5.98. The number of carbonyl (C=O) groups is 1. The van der Waals surface area contributed by atoms with Gasteiger partial charge in [0.05, 0.1) is 12.1 Å². The number of nitrogens with one attached hydrogen (secondary N) is 1. The Bertz CT molecular complexity index is 438. The Morgan fingerprint density at radius 3 is 2.71 bits per heavy atom. The molecule has 0 aliphatic rings. The number of nitrogens with zero attached hydrogens (tertiary/aromatic N) is 1. The minimum absolute atomic E-state index is 0. The van der Waals surface area contributed by atoms with Gasteiger partial charge in [-0.3, -0.25) is 4.79 Å². The molecule has 0 heterocycles. The molecule has 0 saturated heterocycles. The number of nitrogens with two attached hydrogens (primary N) is 1. The zero-order valence-electron chi connectivity index (χ0n) is 9.86. The Kier molecular flexibility index (Phi) is 6.26. The second-order valence-corrected chi connectivity index (χ2v) is 3.87. The summed E-state index contributed by atoms with van der Waals surface area (Å²) in [5.74, 6) is -0.0369. The number of ketones is 1. The van der Waals surface area contributed by atoms with E-state index in [4.69, 9.17) is 11.0 Å². The number of Topliss-reactive ketones (excluding diaryl/α,β-unsaturated/α-hetero) is 1. The fraction of sp³-hybridized carbons (Fsp3) is 0.333. The van der Waals surface area contributed by atoms with E-state index in [0.29, 0.717) is 16.8 Å². The van der Waals surface area contributed by atoms with Crippen LogP contribution in [0.2, 0.25) is 0 Å². The van der Waals surface area contributed by atoms with Gasteiger partial charge in [0.1, 0.15) is 6.07 Å². The molecular weight excluding hydrogens is 238 g/mol. The summed E-state index contributed by atoms with van der Waals surface area (Å²) < 4.78 is 0. The predicted molar refractivity (Wildman–Crippen MR) is 70.3 cm³/mol. The number of rotatable bonds is 4. The predicted octanol–water partition coefficient (Wildman–Crippen LogP) is 1.74. The standard InChI is InChI=1S/C12H15N3O.ClH/c1-8(2)15-7-12(16)9-3-4-11(14)10(5-9)6-13;/h3-5,8,15H,7,14H2,1-2H3;1H. The van der Waals surface area contributed by atoms with Crippen molar-refractivity contribution in [2.45, 2.75) is 19.9 Å². The highest BCUT2D eigenvalue weighted by atomic mass is 35.5. The Morgan fingerprint density at radius 2 is 2.18 bits per heavy atom. The third kappa shape index (κ3) is 4.43. The molecule has 1 aromatic carbocycles. The molecule has 0 aromatic heterocycles. The van der Waals surface area contributed by atoms with Crippen molar-refractivity contribution in [3.05, 3.63) is 29.3 Å². The molecule has 17 heavy (non-hydrogen) atoms. The van der Waals surface area contributed by atoms with Crippen molar-refractivity contribution >= 4 is 23.9 Å². The molecule has 0 bridgehead atoms. The molecule has 1 aromatic rings. The molecule has 4 nitrogen and oxygen atoms in total. The average molecular weight is 254 g/mol. The van der Waals surface area contributed by atoms with Crippen LogP contribution < -0.4 is 11.1 Å². The quantitative estimate of drug-likeness (QED) is 0.633. The van der Waals surface area contributed by atoms with Gasteiger partial charge >= 0.3 is 0 Å². The van der Waals surface area contributed by atoms with Gasteiger partial charge < -0.3 is 11.1 Å². The molecule has 3 N–H and O–H groups in total. The van der Waals surface area contributed by atoms with Gasteiger partial charge in [-0.25, -0.2) is 0 Å². The largest absolute Gasteiger partial charge is 0.398 e. The zero-order chi connectivity index (χ0) is 12.1. The maximum absolute atomic E-state index is 11.7. The molecule has 0 atom stereocenters. The first-order chi connectivity index (χ1) is 7.54. The summed E-state index contributed by atoms with van der Waals surface area (Å²) in [6.07, 6.45) is 0. The molecule has 0 spiro atoms. The molecule has 0 radical (unpaired) electrons. The van der Waals surface area contributed by atoms with Gasteiger partial charge in [-0.1, -0.05) is 13.8 Å². The summed E-state index contributed by atoms with van der Waals surface area (Å²) in [5, 5.41) is 11.8. The van der Waals surface area contributed by atoms with Crippen molar-refractivity contribution in [2.75, 3.05) is 12.3 Å². The highest BCUT2D eigenvalue weighted by Gasteiger charge is 2.08. The second-order valence-electron chi connectivity index (χ2n) is 3.87. The molecule has 0 aliphatic heterocycles. The fourth-order valence-corrected chi connectivity index (χ4v) is 1.23. The molecule has 5 heteroatoms. The summed E-state index contributed by atoms with van der Waals surface area (Å²) in [7, 11) is 0. The number of nitrogen functional groups attached to an aromatic ring is 1. The van der Waals surface area contributed by atoms with E-state index in [1.165, 1.54) is 6.07 Å². The van der Waals surface area contributed by atoms with Crippen LogP contribution in [-0.2, 0) is 0 Å². The van der Waals surface area contributed by atoms with Crippen molar-refractivity contribution in [2.24, 2.45) is 0 Å². The smallest absolute Gasteiger partial charge is 0.176 e. The number of nitriles is 1. The third-order valence-electron chi connectivity index (χ3n) is 2.17. The van der Waals surface area contributed by atoms with E-state index in [1.807, 2.05) is 19.9 Å². The van der Waals surface area contributed by atoms with E-state index in [9.17, 15) is 4.79 Å². The Morgan fingerprint density at radius 1 is 1.53 bits per heavy atom. The van der Waals surface area contributed by atoms with Crippen LogP contribution in [0.25, 0.3) is 0 Å². The van der Waals surface area contributed by atoms with Crippen LogP contribution >= 0.6 is 12.4 Å². The summed E-state index contributed by atoms with van der Waals surface area (Å²) in [4.78, 5) is 11.7. The fourth-order valence-electron chi connectivity index (χ4n) is 1.23. The topological polar surface area (TPSA) is 78.9 Å². The van der Waals surface area contributed by atoms with Gasteiger partial charge in [0, 0.05) is 17.3 Å². The molecule has 92 valence electrons. The van der Waals surface area contributed by atoms with Crippen molar-refractivity contribution < 1.29 is 4.79 Å². The summed E-state index contributed by atoms with van der Waals surface area (Å²) in [6, 6.07) is 6.97. The lowest BCUT2D eigenvalue weighted by Crippen LogP contribution is -2.29. The number of anilines is 1. The lowest BCUT2D eigenvalue weighted by atomic mass is 10.1. The number of carbonyl (C=O) groups excluding carboxylic acids is 1. The maximum atomic E-state index is 11.7. The Labute approximate surface area is 107 Å². The molecular formula is C12H16ClN3O. The van der Waals surface area contributed by atoms with Crippen molar-refractivity contribution in [1.29, 1.82) is 5.26 Å².